The van der Waals surface area contributed by atoms with Crippen LogP contribution in [0.2, 0.25) is 0 Å². The SMILES string of the molecule is CCCOC(=O)C1CC1(C)C(=O)OC. The van der Waals surface area contributed by atoms with E-state index in [-0.39, 0.29) is 17.9 Å². The quantitative estimate of drug-likeness (QED) is 0.638. The van der Waals surface area contributed by atoms with Gasteiger partial charge in [0.2, 0.25) is 0 Å². The Balaban J connectivity index is 2.44. The lowest BCUT2D eigenvalue weighted by Gasteiger charge is -2.07. The second kappa shape index (κ2) is 3.98. The minimum atomic E-state index is -0.639. The summed E-state index contributed by atoms with van der Waals surface area (Å²) in [5.74, 6) is -0.905. The largest absolute Gasteiger partial charge is 0.469 e. The van der Waals surface area contributed by atoms with Gasteiger partial charge < -0.3 is 9.47 Å². The van der Waals surface area contributed by atoms with Gasteiger partial charge in [-0.25, -0.2) is 0 Å². The summed E-state index contributed by atoms with van der Waals surface area (Å²) in [6.07, 6.45) is 1.34. The van der Waals surface area contributed by atoms with Crippen molar-refractivity contribution in [2.75, 3.05) is 13.7 Å². The second-order valence-corrected chi connectivity index (χ2v) is 3.83. The van der Waals surface area contributed by atoms with E-state index < -0.39 is 5.41 Å². The predicted molar refractivity (Wildman–Crippen MR) is 49.5 cm³/mol. The van der Waals surface area contributed by atoms with Crippen LogP contribution >= 0.6 is 0 Å². The first-order valence-electron chi connectivity index (χ1n) is 4.81. The lowest BCUT2D eigenvalue weighted by atomic mass is 10.1. The number of hydrogen-bond donors (Lipinski definition) is 0. The maximum Gasteiger partial charge on any atom is 0.312 e. The van der Waals surface area contributed by atoms with Crippen molar-refractivity contribution in [2.45, 2.75) is 26.7 Å². The molecule has 0 bridgehead atoms. The average Bonchev–Trinajstić information content (AvgIpc) is 2.87. The van der Waals surface area contributed by atoms with Crippen molar-refractivity contribution in [3.8, 4) is 0 Å². The summed E-state index contributed by atoms with van der Waals surface area (Å²) in [5.41, 5.74) is -0.639. The van der Waals surface area contributed by atoms with E-state index in [0.29, 0.717) is 13.0 Å². The highest BCUT2D eigenvalue weighted by atomic mass is 16.5. The number of methoxy groups -OCH3 is 1. The van der Waals surface area contributed by atoms with Gasteiger partial charge in [0.25, 0.3) is 0 Å². The summed E-state index contributed by atoms with van der Waals surface area (Å²) < 4.78 is 9.57. The zero-order valence-electron chi connectivity index (χ0n) is 8.83. The fourth-order valence-corrected chi connectivity index (χ4v) is 1.47. The molecule has 1 aliphatic rings. The molecule has 4 nitrogen and oxygen atoms in total. The van der Waals surface area contributed by atoms with Crippen LogP contribution in [-0.4, -0.2) is 25.7 Å². The molecule has 0 N–H and O–H groups in total. The Morgan fingerprint density at radius 1 is 1.50 bits per heavy atom. The van der Waals surface area contributed by atoms with Crippen LogP contribution in [0, 0.1) is 11.3 Å². The van der Waals surface area contributed by atoms with Crippen molar-refractivity contribution in [1.29, 1.82) is 0 Å². The number of ether oxygens (including phenoxy) is 2. The molecule has 0 radical (unpaired) electrons. The first-order chi connectivity index (χ1) is 6.56. The molecule has 0 aromatic rings. The smallest absolute Gasteiger partial charge is 0.312 e. The molecule has 1 aliphatic carbocycles. The van der Waals surface area contributed by atoms with E-state index in [4.69, 9.17) is 4.74 Å². The van der Waals surface area contributed by atoms with E-state index in [0.717, 1.165) is 6.42 Å². The maximum absolute atomic E-state index is 11.4. The van der Waals surface area contributed by atoms with Crippen molar-refractivity contribution in [2.24, 2.45) is 11.3 Å². The molecule has 0 spiro atoms. The molecule has 0 heterocycles. The van der Waals surface area contributed by atoms with Crippen LogP contribution in [0.1, 0.15) is 26.7 Å². The summed E-state index contributed by atoms with van der Waals surface area (Å²) in [6, 6.07) is 0. The van der Waals surface area contributed by atoms with Gasteiger partial charge in [-0.15, -0.1) is 0 Å². The topological polar surface area (TPSA) is 52.6 Å². The van der Waals surface area contributed by atoms with Gasteiger partial charge in [0.1, 0.15) is 0 Å². The molecule has 0 saturated heterocycles. The molecule has 2 unspecified atom stereocenters. The molecule has 1 fully saturated rings. The van der Waals surface area contributed by atoms with Crippen LogP contribution < -0.4 is 0 Å². The molecular formula is C10H16O4. The summed E-state index contributed by atoms with van der Waals surface area (Å²) in [4.78, 5) is 22.6. The number of esters is 2. The lowest BCUT2D eigenvalue weighted by molar-refractivity contribution is -0.153. The Kier molecular flexibility index (Phi) is 3.13. The molecular weight excluding hydrogens is 184 g/mol. The Morgan fingerprint density at radius 2 is 2.14 bits per heavy atom. The first kappa shape index (κ1) is 11.0. The molecule has 1 saturated carbocycles. The molecule has 0 aromatic heterocycles. The monoisotopic (exact) mass is 200 g/mol. The average molecular weight is 200 g/mol. The van der Waals surface area contributed by atoms with Crippen LogP contribution in [0.3, 0.4) is 0 Å². The van der Waals surface area contributed by atoms with E-state index in [1.165, 1.54) is 7.11 Å². The molecule has 0 aliphatic heterocycles. The van der Waals surface area contributed by atoms with Crippen LogP contribution in [0.4, 0.5) is 0 Å². The molecule has 4 heteroatoms. The van der Waals surface area contributed by atoms with Crippen molar-refractivity contribution in [3.63, 3.8) is 0 Å². The Hall–Kier alpha value is -1.06. The van der Waals surface area contributed by atoms with E-state index in [1.54, 1.807) is 6.92 Å². The molecule has 1 rings (SSSR count). The summed E-state index contributed by atoms with van der Waals surface area (Å²) in [7, 11) is 1.33. The van der Waals surface area contributed by atoms with Gasteiger partial charge in [0.05, 0.1) is 25.0 Å². The van der Waals surface area contributed by atoms with Crippen molar-refractivity contribution in [1.82, 2.24) is 0 Å². The van der Waals surface area contributed by atoms with Gasteiger partial charge in [0.15, 0.2) is 0 Å². The van der Waals surface area contributed by atoms with Gasteiger partial charge in [0, 0.05) is 0 Å². The van der Waals surface area contributed by atoms with Gasteiger partial charge >= 0.3 is 11.9 Å². The number of rotatable bonds is 4. The summed E-state index contributed by atoms with van der Waals surface area (Å²) in [6.45, 7) is 4.09. The lowest BCUT2D eigenvalue weighted by Crippen LogP contribution is -2.20. The number of carbonyl (C=O) groups excluding carboxylic acids is 2. The summed E-state index contributed by atoms with van der Waals surface area (Å²) >= 11 is 0. The highest BCUT2D eigenvalue weighted by Gasteiger charge is 2.61. The Labute approximate surface area is 83.6 Å². The molecule has 0 aromatic carbocycles. The van der Waals surface area contributed by atoms with Gasteiger partial charge in [-0.05, 0) is 19.8 Å². The van der Waals surface area contributed by atoms with E-state index in [9.17, 15) is 9.59 Å². The Morgan fingerprint density at radius 3 is 2.64 bits per heavy atom. The van der Waals surface area contributed by atoms with E-state index >= 15 is 0 Å². The fourth-order valence-electron chi connectivity index (χ4n) is 1.47. The van der Waals surface area contributed by atoms with E-state index in [1.807, 2.05) is 6.92 Å². The van der Waals surface area contributed by atoms with Crippen LogP contribution in [0.15, 0.2) is 0 Å². The maximum atomic E-state index is 11.4. The van der Waals surface area contributed by atoms with Crippen LogP contribution in [-0.2, 0) is 19.1 Å². The standard InChI is InChI=1S/C10H16O4/c1-4-5-14-8(11)7-6-10(7,2)9(12)13-3/h7H,4-6H2,1-3H3. The summed E-state index contributed by atoms with van der Waals surface area (Å²) in [5, 5.41) is 0. The minimum Gasteiger partial charge on any atom is -0.469 e. The molecule has 2 atom stereocenters. The minimum absolute atomic E-state index is 0.278. The first-order valence-corrected chi connectivity index (χ1v) is 4.81. The van der Waals surface area contributed by atoms with Crippen LogP contribution in [0.25, 0.3) is 0 Å². The third kappa shape index (κ3) is 1.89. The third-order valence-corrected chi connectivity index (χ3v) is 2.62. The van der Waals surface area contributed by atoms with Crippen LogP contribution in [0.5, 0.6) is 0 Å². The molecule has 0 amide bonds. The van der Waals surface area contributed by atoms with E-state index in [2.05, 4.69) is 4.74 Å². The van der Waals surface area contributed by atoms with Gasteiger partial charge in [-0.2, -0.15) is 0 Å². The third-order valence-electron chi connectivity index (χ3n) is 2.62. The second-order valence-electron chi connectivity index (χ2n) is 3.83. The van der Waals surface area contributed by atoms with Crippen molar-refractivity contribution < 1.29 is 19.1 Å². The highest BCUT2D eigenvalue weighted by Crippen LogP contribution is 2.53. The zero-order chi connectivity index (χ0) is 10.8. The Bertz CT molecular complexity index is 249. The van der Waals surface area contributed by atoms with Crippen molar-refractivity contribution in [3.05, 3.63) is 0 Å². The van der Waals surface area contributed by atoms with Crippen molar-refractivity contribution >= 4 is 11.9 Å². The van der Waals surface area contributed by atoms with Gasteiger partial charge in [-0.3, -0.25) is 9.59 Å². The number of carbonyl (C=O) groups is 2. The van der Waals surface area contributed by atoms with Gasteiger partial charge in [-0.1, -0.05) is 6.92 Å². The molecule has 14 heavy (non-hydrogen) atoms. The normalized spacial score (nSPS) is 29.5. The molecule has 80 valence electrons. The predicted octanol–water partition coefficient (Wildman–Crippen LogP) is 1.14. The fraction of sp³-hybridized carbons (Fsp3) is 0.800. The number of hydrogen-bond acceptors (Lipinski definition) is 4. The highest BCUT2D eigenvalue weighted by molar-refractivity contribution is 5.90. The zero-order valence-corrected chi connectivity index (χ0v) is 8.83.